The second kappa shape index (κ2) is 14.3. The lowest BCUT2D eigenvalue weighted by Gasteiger charge is -2.34. The molecule has 0 fully saturated rings. The number of hydrogen-bond acceptors (Lipinski definition) is 2. The van der Waals surface area contributed by atoms with Crippen molar-refractivity contribution in [2.45, 2.75) is 44.4 Å². The molecule has 1 nitrogen and oxygen atoms in total. The lowest BCUT2D eigenvalue weighted by atomic mass is 9.68. The Hall–Kier alpha value is -7.00. The molecule has 9 aromatic carbocycles. The van der Waals surface area contributed by atoms with Gasteiger partial charge in [0.05, 0.1) is 11.1 Å². The molecule has 63 heavy (non-hydrogen) atoms. The Labute approximate surface area is 374 Å². The highest BCUT2D eigenvalue weighted by Gasteiger charge is 2.46. The van der Waals surface area contributed by atoms with Crippen LogP contribution in [0, 0.1) is 0 Å². The lowest BCUT2D eigenvalue weighted by molar-refractivity contribution is 0.660. The zero-order valence-electron chi connectivity index (χ0n) is 36.1. The number of fused-ring (bicyclic) bond motifs is 9. The number of hydrogen-bond donors (Lipinski definition) is 0. The monoisotopic (exact) mass is 825 g/mol. The van der Waals surface area contributed by atoms with Gasteiger partial charge in [0.15, 0.2) is 0 Å². The molecular formula is C61H47NS. The van der Waals surface area contributed by atoms with Gasteiger partial charge < -0.3 is 4.90 Å². The molecule has 0 amide bonds. The van der Waals surface area contributed by atoms with Crippen molar-refractivity contribution in [3.8, 4) is 33.4 Å². The SMILES string of the molecule is CC(C)c1ccc2c(c1)sc1cccc(N(c3ccc(C4(c5ccccc5)c5ccccc5-c5ccccc54)cc3)c3cc(-c4ccccc4)c4c(c3)C(C)(C)c3ccccc3-4)c12. The van der Waals surface area contributed by atoms with Gasteiger partial charge in [0.25, 0.3) is 0 Å². The second-order valence-corrected chi connectivity index (χ2v) is 19.3. The lowest BCUT2D eigenvalue weighted by Crippen LogP contribution is -2.28. The molecule has 0 unspecified atom stereocenters. The van der Waals surface area contributed by atoms with Gasteiger partial charge in [-0.1, -0.05) is 191 Å². The van der Waals surface area contributed by atoms with Crippen LogP contribution < -0.4 is 4.90 Å². The third kappa shape index (κ3) is 5.54. The van der Waals surface area contributed by atoms with Crippen molar-refractivity contribution in [1.82, 2.24) is 0 Å². The topological polar surface area (TPSA) is 3.24 Å². The van der Waals surface area contributed by atoms with E-state index >= 15 is 0 Å². The normalized spacial score (nSPS) is 14.1. The molecule has 2 aliphatic rings. The number of rotatable bonds is 7. The Morgan fingerprint density at radius 3 is 1.73 bits per heavy atom. The summed E-state index contributed by atoms with van der Waals surface area (Å²) in [7, 11) is 0. The van der Waals surface area contributed by atoms with Crippen LogP contribution in [0.25, 0.3) is 53.6 Å². The van der Waals surface area contributed by atoms with Crippen molar-refractivity contribution in [2.24, 2.45) is 0 Å². The Morgan fingerprint density at radius 1 is 0.444 bits per heavy atom. The summed E-state index contributed by atoms with van der Waals surface area (Å²) in [6.07, 6.45) is 0. The molecule has 10 aromatic rings. The van der Waals surface area contributed by atoms with E-state index in [0.717, 1.165) is 11.4 Å². The molecule has 2 aliphatic carbocycles. The molecule has 0 atom stereocenters. The van der Waals surface area contributed by atoms with Crippen molar-refractivity contribution in [1.29, 1.82) is 0 Å². The molecule has 0 aliphatic heterocycles. The summed E-state index contributed by atoms with van der Waals surface area (Å²) in [5.74, 6) is 0.461. The van der Waals surface area contributed by atoms with Gasteiger partial charge in [-0.15, -0.1) is 11.3 Å². The van der Waals surface area contributed by atoms with Gasteiger partial charge >= 0.3 is 0 Å². The summed E-state index contributed by atoms with van der Waals surface area (Å²) in [6, 6.07) is 77.7. The van der Waals surface area contributed by atoms with Gasteiger partial charge in [0.2, 0.25) is 0 Å². The summed E-state index contributed by atoms with van der Waals surface area (Å²) in [6.45, 7) is 9.37. The first-order valence-electron chi connectivity index (χ1n) is 22.3. The minimum Gasteiger partial charge on any atom is -0.310 e. The first kappa shape index (κ1) is 37.7. The average molecular weight is 826 g/mol. The summed E-state index contributed by atoms with van der Waals surface area (Å²) >= 11 is 1.90. The average Bonchev–Trinajstić information content (AvgIpc) is 3.94. The molecule has 302 valence electrons. The molecule has 0 saturated carbocycles. The quantitative estimate of drug-likeness (QED) is 0.155. The van der Waals surface area contributed by atoms with E-state index in [4.69, 9.17) is 0 Å². The number of anilines is 3. The molecule has 0 radical (unpaired) electrons. The van der Waals surface area contributed by atoms with E-state index in [-0.39, 0.29) is 5.41 Å². The zero-order chi connectivity index (χ0) is 42.5. The zero-order valence-corrected chi connectivity index (χ0v) is 36.9. The summed E-state index contributed by atoms with van der Waals surface area (Å²) in [4.78, 5) is 2.55. The molecule has 1 aromatic heterocycles. The summed E-state index contributed by atoms with van der Waals surface area (Å²) < 4.78 is 2.63. The van der Waals surface area contributed by atoms with Gasteiger partial charge in [0.1, 0.15) is 0 Å². The van der Waals surface area contributed by atoms with Crippen molar-refractivity contribution in [2.75, 3.05) is 4.90 Å². The highest BCUT2D eigenvalue weighted by atomic mass is 32.1. The van der Waals surface area contributed by atoms with Crippen LogP contribution in [0.1, 0.15) is 72.6 Å². The van der Waals surface area contributed by atoms with Gasteiger partial charge in [-0.3, -0.25) is 0 Å². The Morgan fingerprint density at radius 2 is 1.05 bits per heavy atom. The van der Waals surface area contributed by atoms with Crippen LogP contribution in [-0.2, 0) is 10.8 Å². The largest absolute Gasteiger partial charge is 0.310 e. The highest BCUT2D eigenvalue weighted by molar-refractivity contribution is 7.26. The van der Waals surface area contributed by atoms with Crippen LogP contribution in [0.4, 0.5) is 17.1 Å². The van der Waals surface area contributed by atoms with Crippen molar-refractivity contribution >= 4 is 48.6 Å². The van der Waals surface area contributed by atoms with Crippen LogP contribution in [0.2, 0.25) is 0 Å². The van der Waals surface area contributed by atoms with Gasteiger partial charge in [-0.25, -0.2) is 0 Å². The third-order valence-corrected chi connectivity index (χ3v) is 15.3. The van der Waals surface area contributed by atoms with E-state index in [2.05, 4.69) is 239 Å². The van der Waals surface area contributed by atoms with E-state index in [1.165, 1.54) is 98.2 Å². The minimum absolute atomic E-state index is 0.194. The van der Waals surface area contributed by atoms with Crippen molar-refractivity contribution < 1.29 is 0 Å². The van der Waals surface area contributed by atoms with E-state index in [9.17, 15) is 0 Å². The highest BCUT2D eigenvalue weighted by Crippen LogP contribution is 2.58. The van der Waals surface area contributed by atoms with E-state index < -0.39 is 5.41 Å². The standard InChI is InChI=1S/C61H47NS/c1-39(2)41-30-35-49-57(36-41)63-56-29-17-28-55(59(49)56)62(45-37-50(40-18-7-5-8-19-40)58-48-24-13-14-25-51(48)60(3,4)54(58)38-45)44-33-31-43(32-34-44)61(42-20-9-6-10-21-42)52-26-15-11-22-46(52)47-23-12-16-27-53(47)61/h5-39H,1-4H3. The fourth-order valence-electron chi connectivity index (χ4n) is 11.1. The van der Waals surface area contributed by atoms with Crippen LogP contribution in [0.3, 0.4) is 0 Å². The summed E-state index contributed by atoms with van der Waals surface area (Å²) in [5.41, 5.74) is 19.8. The Bertz CT molecular complexity index is 3340. The van der Waals surface area contributed by atoms with E-state index in [1.807, 2.05) is 11.3 Å². The van der Waals surface area contributed by atoms with Crippen LogP contribution >= 0.6 is 11.3 Å². The fraction of sp³-hybridized carbons (Fsp3) is 0.115. The summed E-state index contributed by atoms with van der Waals surface area (Å²) in [5, 5.41) is 2.59. The second-order valence-electron chi connectivity index (χ2n) is 18.2. The third-order valence-electron chi connectivity index (χ3n) is 14.1. The van der Waals surface area contributed by atoms with Crippen molar-refractivity contribution in [3.63, 3.8) is 0 Å². The Balaban J connectivity index is 1.13. The maximum atomic E-state index is 2.55. The van der Waals surface area contributed by atoms with E-state index in [1.54, 1.807) is 0 Å². The van der Waals surface area contributed by atoms with Crippen LogP contribution in [0.15, 0.2) is 206 Å². The van der Waals surface area contributed by atoms with E-state index in [0.29, 0.717) is 5.92 Å². The fourth-order valence-corrected chi connectivity index (χ4v) is 12.3. The Kier molecular flexibility index (Phi) is 8.55. The molecule has 2 heteroatoms. The van der Waals surface area contributed by atoms with Crippen LogP contribution in [0.5, 0.6) is 0 Å². The molecule has 1 heterocycles. The first-order chi connectivity index (χ1) is 30.8. The predicted molar refractivity (Wildman–Crippen MR) is 268 cm³/mol. The van der Waals surface area contributed by atoms with Gasteiger partial charge in [-0.2, -0.15) is 0 Å². The molecular weight excluding hydrogens is 779 g/mol. The number of benzene rings is 9. The molecule has 0 spiro atoms. The molecule has 0 N–H and O–H groups in total. The smallest absolute Gasteiger partial charge is 0.0713 e. The maximum absolute atomic E-state index is 2.55. The van der Waals surface area contributed by atoms with Gasteiger partial charge in [0, 0.05) is 37.0 Å². The van der Waals surface area contributed by atoms with Crippen LogP contribution in [-0.4, -0.2) is 0 Å². The van der Waals surface area contributed by atoms with Crippen molar-refractivity contribution in [3.05, 3.63) is 245 Å². The minimum atomic E-state index is -0.473. The molecule has 0 bridgehead atoms. The molecule has 0 saturated heterocycles. The van der Waals surface area contributed by atoms with Gasteiger partial charge in [-0.05, 0) is 121 Å². The number of thiophene rings is 1. The maximum Gasteiger partial charge on any atom is 0.0713 e. The molecule has 12 rings (SSSR count). The predicted octanol–water partition coefficient (Wildman–Crippen LogP) is 17.0. The number of nitrogens with zero attached hydrogens (tertiary/aromatic N) is 1. The first-order valence-corrected chi connectivity index (χ1v) is 23.1.